The van der Waals surface area contributed by atoms with Crippen LogP contribution >= 0.6 is 24.8 Å². The summed E-state index contributed by atoms with van der Waals surface area (Å²) in [5.41, 5.74) is 7.36. The fourth-order valence-corrected chi connectivity index (χ4v) is 3.57. The number of halogens is 2. The molecule has 1 fully saturated rings. The second kappa shape index (κ2) is 13.4. The number of carbonyl (C=O) groups is 1. The van der Waals surface area contributed by atoms with E-state index in [1.54, 1.807) is 0 Å². The highest BCUT2D eigenvalue weighted by molar-refractivity contribution is 5.85. The molecule has 0 saturated heterocycles. The van der Waals surface area contributed by atoms with Crippen LogP contribution in [0.4, 0.5) is 0 Å². The summed E-state index contributed by atoms with van der Waals surface area (Å²) in [7, 11) is 0. The maximum atomic E-state index is 12.9. The number of carbonyl (C=O) groups excluding carboxylic acids is 1. The van der Waals surface area contributed by atoms with Gasteiger partial charge in [-0.25, -0.2) is 0 Å². The molecule has 0 heterocycles. The molecule has 6 heteroatoms. The van der Waals surface area contributed by atoms with E-state index in [0.717, 1.165) is 45.4 Å². The van der Waals surface area contributed by atoms with Crippen molar-refractivity contribution in [1.29, 1.82) is 0 Å². The predicted octanol–water partition coefficient (Wildman–Crippen LogP) is 3.72. The first kappa shape index (κ1) is 25.2. The average molecular weight is 404 g/mol. The second-order valence-electron chi connectivity index (χ2n) is 6.89. The van der Waals surface area contributed by atoms with E-state index >= 15 is 0 Å². The maximum Gasteiger partial charge on any atom is 0.223 e. The minimum Gasteiger partial charge on any atom is -0.337 e. The van der Waals surface area contributed by atoms with Gasteiger partial charge in [0, 0.05) is 32.1 Å². The van der Waals surface area contributed by atoms with Gasteiger partial charge in [0.25, 0.3) is 0 Å². The maximum absolute atomic E-state index is 12.9. The Labute approximate surface area is 171 Å². The van der Waals surface area contributed by atoms with E-state index in [4.69, 9.17) is 5.73 Å². The molecular weight excluding hydrogens is 369 g/mol. The Morgan fingerprint density at radius 3 is 2.27 bits per heavy atom. The summed E-state index contributed by atoms with van der Waals surface area (Å²) in [5.74, 6) is 0.623. The molecule has 0 aromatic heterocycles. The first-order chi connectivity index (χ1) is 11.6. The lowest BCUT2D eigenvalue weighted by Gasteiger charge is -2.28. The number of rotatable bonds is 9. The van der Waals surface area contributed by atoms with Gasteiger partial charge >= 0.3 is 0 Å². The molecule has 0 radical (unpaired) electrons. The topological polar surface area (TPSA) is 49.6 Å². The SMILES string of the molecule is CCN(CC)CCN(Cc1ccccc1)C(=O)C[C@@H]1CCC[C@H]1N.Cl.Cl. The molecule has 2 N–H and O–H groups in total. The Balaban J connectivity index is 0.00000312. The Kier molecular flexibility index (Phi) is 13.0. The summed E-state index contributed by atoms with van der Waals surface area (Å²) in [4.78, 5) is 17.3. The number of hydrogen-bond donors (Lipinski definition) is 1. The molecule has 0 unspecified atom stereocenters. The van der Waals surface area contributed by atoms with E-state index in [2.05, 4.69) is 30.9 Å². The van der Waals surface area contributed by atoms with Crippen molar-refractivity contribution in [3.63, 3.8) is 0 Å². The third kappa shape index (κ3) is 7.83. The van der Waals surface area contributed by atoms with Crippen LogP contribution in [0.3, 0.4) is 0 Å². The Morgan fingerprint density at radius 1 is 1.08 bits per heavy atom. The van der Waals surface area contributed by atoms with Crippen molar-refractivity contribution in [3.8, 4) is 0 Å². The molecule has 0 spiro atoms. The third-order valence-corrected chi connectivity index (χ3v) is 5.30. The largest absolute Gasteiger partial charge is 0.337 e. The summed E-state index contributed by atoms with van der Waals surface area (Å²) >= 11 is 0. The monoisotopic (exact) mass is 403 g/mol. The number of amides is 1. The van der Waals surface area contributed by atoms with Gasteiger partial charge in [0.05, 0.1) is 0 Å². The van der Waals surface area contributed by atoms with Crippen molar-refractivity contribution in [3.05, 3.63) is 35.9 Å². The van der Waals surface area contributed by atoms with Gasteiger partial charge in [-0.3, -0.25) is 4.79 Å². The van der Waals surface area contributed by atoms with Gasteiger partial charge in [0.2, 0.25) is 5.91 Å². The van der Waals surface area contributed by atoms with E-state index in [0.29, 0.717) is 18.9 Å². The Bertz CT molecular complexity index is 497. The summed E-state index contributed by atoms with van der Waals surface area (Å²) in [5, 5.41) is 0. The van der Waals surface area contributed by atoms with Crippen molar-refractivity contribution in [2.75, 3.05) is 26.2 Å². The fraction of sp³-hybridized carbons (Fsp3) is 0.650. The molecule has 0 aliphatic heterocycles. The van der Waals surface area contributed by atoms with E-state index < -0.39 is 0 Å². The van der Waals surface area contributed by atoms with Gasteiger partial charge in [-0.1, -0.05) is 50.6 Å². The van der Waals surface area contributed by atoms with Gasteiger partial charge in [-0.15, -0.1) is 24.8 Å². The number of nitrogens with zero attached hydrogens (tertiary/aromatic N) is 2. The highest BCUT2D eigenvalue weighted by Gasteiger charge is 2.28. The molecule has 26 heavy (non-hydrogen) atoms. The lowest BCUT2D eigenvalue weighted by Crippen LogP contribution is -2.40. The van der Waals surface area contributed by atoms with Gasteiger partial charge < -0.3 is 15.5 Å². The molecule has 0 bridgehead atoms. The number of nitrogens with two attached hydrogens (primary N) is 1. The van der Waals surface area contributed by atoms with E-state index in [-0.39, 0.29) is 36.8 Å². The van der Waals surface area contributed by atoms with Crippen LogP contribution in [-0.2, 0) is 11.3 Å². The quantitative estimate of drug-likeness (QED) is 0.683. The van der Waals surface area contributed by atoms with Gasteiger partial charge in [-0.2, -0.15) is 0 Å². The molecule has 1 aliphatic rings. The number of likely N-dealkylation sites (N-methyl/N-ethyl adjacent to an activating group) is 1. The van der Waals surface area contributed by atoms with Gasteiger partial charge in [0.1, 0.15) is 0 Å². The Morgan fingerprint density at radius 2 is 1.73 bits per heavy atom. The van der Waals surface area contributed by atoms with Crippen molar-refractivity contribution in [2.45, 2.75) is 52.1 Å². The molecule has 1 saturated carbocycles. The van der Waals surface area contributed by atoms with Crippen LogP contribution in [0, 0.1) is 5.92 Å². The van der Waals surface area contributed by atoms with Crippen molar-refractivity contribution < 1.29 is 4.79 Å². The zero-order valence-electron chi connectivity index (χ0n) is 16.1. The smallest absolute Gasteiger partial charge is 0.223 e. The van der Waals surface area contributed by atoms with Crippen LogP contribution in [0.2, 0.25) is 0 Å². The van der Waals surface area contributed by atoms with Crippen molar-refractivity contribution in [1.82, 2.24) is 9.80 Å². The summed E-state index contributed by atoms with van der Waals surface area (Å²) in [6.07, 6.45) is 3.93. The van der Waals surface area contributed by atoms with Crippen LogP contribution in [0.15, 0.2) is 30.3 Å². The number of hydrogen-bond acceptors (Lipinski definition) is 3. The zero-order chi connectivity index (χ0) is 17.4. The first-order valence-electron chi connectivity index (χ1n) is 9.43. The molecule has 1 aromatic carbocycles. The Hall–Kier alpha value is -0.810. The molecular formula is C20H35Cl2N3O. The highest BCUT2D eigenvalue weighted by atomic mass is 35.5. The van der Waals surface area contributed by atoms with E-state index in [1.165, 1.54) is 5.56 Å². The van der Waals surface area contributed by atoms with Crippen molar-refractivity contribution >= 4 is 30.7 Å². The standard InChI is InChI=1S/C20H33N3O.2ClH/c1-3-22(4-2)13-14-23(16-17-9-6-5-7-10-17)20(24)15-18-11-8-12-19(18)21;;/h5-7,9-10,18-19H,3-4,8,11-16,21H2,1-2H3;2*1H/t18-,19+;;/m0../s1. The number of benzene rings is 1. The van der Waals surface area contributed by atoms with E-state index in [1.807, 2.05) is 23.1 Å². The van der Waals surface area contributed by atoms with Crippen LogP contribution in [-0.4, -0.2) is 47.9 Å². The van der Waals surface area contributed by atoms with Crippen molar-refractivity contribution in [2.24, 2.45) is 11.7 Å². The lowest BCUT2D eigenvalue weighted by atomic mass is 9.99. The third-order valence-electron chi connectivity index (χ3n) is 5.30. The normalized spacial score (nSPS) is 18.9. The van der Waals surface area contributed by atoms with Gasteiger partial charge in [0.15, 0.2) is 0 Å². The summed E-state index contributed by atoms with van der Waals surface area (Å²) in [6.45, 7) is 8.81. The first-order valence-corrected chi connectivity index (χ1v) is 9.43. The van der Waals surface area contributed by atoms with Crippen LogP contribution in [0.25, 0.3) is 0 Å². The summed E-state index contributed by atoms with van der Waals surface area (Å²) < 4.78 is 0. The van der Waals surface area contributed by atoms with E-state index in [9.17, 15) is 4.79 Å². The minimum absolute atomic E-state index is 0. The van der Waals surface area contributed by atoms with Crippen LogP contribution < -0.4 is 5.73 Å². The molecule has 2 atom stereocenters. The lowest BCUT2D eigenvalue weighted by molar-refractivity contribution is -0.133. The zero-order valence-corrected chi connectivity index (χ0v) is 17.7. The molecule has 150 valence electrons. The fourth-order valence-electron chi connectivity index (χ4n) is 3.57. The van der Waals surface area contributed by atoms with Crippen LogP contribution in [0.1, 0.15) is 45.1 Å². The average Bonchev–Trinajstić information content (AvgIpc) is 3.00. The molecule has 2 rings (SSSR count). The van der Waals surface area contributed by atoms with Crippen LogP contribution in [0.5, 0.6) is 0 Å². The molecule has 4 nitrogen and oxygen atoms in total. The summed E-state index contributed by atoms with van der Waals surface area (Å²) in [6, 6.07) is 10.5. The second-order valence-corrected chi connectivity index (χ2v) is 6.89. The van der Waals surface area contributed by atoms with Gasteiger partial charge in [-0.05, 0) is 37.4 Å². The molecule has 1 aliphatic carbocycles. The molecule has 1 amide bonds. The predicted molar refractivity (Wildman–Crippen MR) is 114 cm³/mol. The molecule has 1 aromatic rings. The highest BCUT2D eigenvalue weighted by Crippen LogP contribution is 2.27. The minimum atomic E-state index is 0.